The first-order chi connectivity index (χ1) is 16.7. The zero-order chi connectivity index (χ0) is 25.0. The molecule has 0 saturated heterocycles. The molecular formula is C26H25F3N4O2. The summed E-state index contributed by atoms with van der Waals surface area (Å²) < 4.78 is 46.2. The molecule has 9 heteroatoms. The Labute approximate surface area is 201 Å². The van der Waals surface area contributed by atoms with Crippen LogP contribution in [0.25, 0.3) is 0 Å². The number of nitrogens with one attached hydrogen (secondary N) is 2. The van der Waals surface area contributed by atoms with E-state index < -0.39 is 11.7 Å². The molecule has 0 spiro atoms. The number of hydrogen-bond acceptors (Lipinski definition) is 6. The van der Waals surface area contributed by atoms with Gasteiger partial charge in [-0.2, -0.15) is 18.2 Å². The lowest BCUT2D eigenvalue weighted by molar-refractivity contribution is -0.137. The van der Waals surface area contributed by atoms with Crippen LogP contribution in [0.1, 0.15) is 29.5 Å². The molecule has 1 aliphatic carbocycles. The van der Waals surface area contributed by atoms with Crippen molar-refractivity contribution in [2.24, 2.45) is 5.92 Å². The molecule has 1 heterocycles. The second kappa shape index (κ2) is 10.2. The number of anilines is 4. The average Bonchev–Trinajstić information content (AvgIpc) is 3.24. The van der Waals surface area contributed by atoms with Crippen molar-refractivity contribution in [3.63, 3.8) is 0 Å². The van der Waals surface area contributed by atoms with Crippen LogP contribution in [-0.2, 0) is 23.8 Å². The van der Waals surface area contributed by atoms with E-state index in [0.29, 0.717) is 29.5 Å². The maximum atomic E-state index is 13.7. The standard InChI is InChI=1S/C26H25F3N4O2/c1-3-21(34)10-7-16-11-17-8-9-20(13-18(17)12-16)31-24-23(26(27,28)29)15-30-25(33-24)32-19-5-4-6-22(14-19)35-2/h3-6,8-9,13-16H,1,7,10-12H2,2H3,(H2,30,31,32,33). The Kier molecular flexibility index (Phi) is 7.04. The van der Waals surface area contributed by atoms with Gasteiger partial charge in [0.1, 0.15) is 17.1 Å². The molecule has 2 N–H and O–H groups in total. The molecule has 1 atom stereocenters. The van der Waals surface area contributed by atoms with E-state index in [2.05, 4.69) is 27.2 Å². The molecule has 0 amide bonds. The van der Waals surface area contributed by atoms with Crippen LogP contribution in [0.5, 0.6) is 5.75 Å². The summed E-state index contributed by atoms with van der Waals surface area (Å²) in [6.07, 6.45) is 0.289. The number of ketones is 1. The Bertz CT molecular complexity index is 1240. The average molecular weight is 483 g/mol. The van der Waals surface area contributed by atoms with E-state index in [1.165, 1.54) is 13.2 Å². The van der Waals surface area contributed by atoms with E-state index in [1.807, 2.05) is 12.1 Å². The minimum atomic E-state index is -4.63. The fourth-order valence-corrected chi connectivity index (χ4v) is 4.15. The minimum absolute atomic E-state index is 0.0156. The molecule has 1 aromatic heterocycles. The van der Waals surface area contributed by atoms with Crippen LogP contribution >= 0.6 is 0 Å². The topological polar surface area (TPSA) is 76.1 Å². The number of hydrogen-bond donors (Lipinski definition) is 2. The third kappa shape index (κ3) is 5.98. The van der Waals surface area contributed by atoms with Gasteiger partial charge in [0.25, 0.3) is 0 Å². The number of alkyl halides is 3. The van der Waals surface area contributed by atoms with Gasteiger partial charge in [-0.15, -0.1) is 0 Å². The van der Waals surface area contributed by atoms with Gasteiger partial charge < -0.3 is 15.4 Å². The van der Waals surface area contributed by atoms with Gasteiger partial charge in [0, 0.05) is 30.1 Å². The van der Waals surface area contributed by atoms with E-state index in [-0.39, 0.29) is 17.5 Å². The number of halogens is 3. The third-order valence-electron chi connectivity index (χ3n) is 5.93. The summed E-state index contributed by atoms with van der Waals surface area (Å²) in [5.74, 6) is 0.606. The van der Waals surface area contributed by atoms with Gasteiger partial charge in [0.15, 0.2) is 5.78 Å². The first-order valence-electron chi connectivity index (χ1n) is 11.1. The predicted molar refractivity (Wildman–Crippen MR) is 128 cm³/mol. The van der Waals surface area contributed by atoms with Crippen LogP contribution in [0.3, 0.4) is 0 Å². The fourth-order valence-electron chi connectivity index (χ4n) is 4.15. The van der Waals surface area contributed by atoms with E-state index in [1.54, 1.807) is 30.3 Å². The molecule has 35 heavy (non-hydrogen) atoms. The number of aromatic nitrogens is 2. The smallest absolute Gasteiger partial charge is 0.421 e. The quantitative estimate of drug-likeness (QED) is 0.352. The summed E-state index contributed by atoms with van der Waals surface area (Å²) >= 11 is 0. The highest BCUT2D eigenvalue weighted by Crippen LogP contribution is 2.37. The Balaban J connectivity index is 1.55. The second-order valence-electron chi connectivity index (χ2n) is 8.40. The van der Waals surface area contributed by atoms with E-state index in [9.17, 15) is 18.0 Å². The third-order valence-corrected chi connectivity index (χ3v) is 5.93. The van der Waals surface area contributed by atoms with Gasteiger partial charge in [0.2, 0.25) is 5.95 Å². The molecule has 6 nitrogen and oxygen atoms in total. The van der Waals surface area contributed by atoms with Crippen molar-refractivity contribution in [1.29, 1.82) is 0 Å². The van der Waals surface area contributed by atoms with Crippen LogP contribution in [0, 0.1) is 5.92 Å². The first-order valence-corrected chi connectivity index (χ1v) is 11.1. The summed E-state index contributed by atoms with van der Waals surface area (Å²) in [6.45, 7) is 3.50. The minimum Gasteiger partial charge on any atom is -0.497 e. The molecule has 3 aromatic rings. The second-order valence-corrected chi connectivity index (χ2v) is 8.40. The molecule has 0 fully saturated rings. The zero-order valence-electron chi connectivity index (χ0n) is 19.2. The van der Waals surface area contributed by atoms with Crippen molar-refractivity contribution < 1.29 is 22.7 Å². The number of ether oxygens (including phenoxy) is 1. The van der Waals surface area contributed by atoms with Crippen molar-refractivity contribution >= 4 is 28.9 Å². The normalized spacial score (nSPS) is 14.8. The molecule has 1 aliphatic rings. The number of fused-ring (bicyclic) bond motifs is 1. The Hall–Kier alpha value is -3.88. The largest absolute Gasteiger partial charge is 0.497 e. The van der Waals surface area contributed by atoms with Crippen LogP contribution in [0.2, 0.25) is 0 Å². The van der Waals surface area contributed by atoms with Crippen LogP contribution in [-0.4, -0.2) is 22.9 Å². The number of benzene rings is 2. The Morgan fingerprint density at radius 1 is 1.14 bits per heavy atom. The molecule has 0 aliphatic heterocycles. The summed E-state index contributed by atoms with van der Waals surface area (Å²) in [7, 11) is 1.52. The zero-order valence-corrected chi connectivity index (χ0v) is 19.2. The first kappa shape index (κ1) is 24.3. The van der Waals surface area contributed by atoms with Crippen LogP contribution < -0.4 is 15.4 Å². The number of carbonyl (C=O) groups excluding carboxylic acids is 1. The number of nitrogens with zero attached hydrogens (tertiary/aromatic N) is 2. The Morgan fingerprint density at radius 2 is 1.91 bits per heavy atom. The SMILES string of the molecule is C=CC(=O)CCC1Cc2ccc(Nc3nc(Nc4cccc(OC)c4)ncc3C(F)(F)F)cc2C1. The predicted octanol–water partition coefficient (Wildman–Crippen LogP) is 6.24. The lowest BCUT2D eigenvalue weighted by atomic mass is 9.99. The van der Waals surface area contributed by atoms with Crippen LogP contribution in [0.15, 0.2) is 61.3 Å². The van der Waals surface area contributed by atoms with Crippen molar-refractivity contribution in [2.75, 3.05) is 17.7 Å². The molecular weight excluding hydrogens is 457 g/mol. The van der Waals surface area contributed by atoms with Crippen molar-refractivity contribution in [3.8, 4) is 5.75 Å². The van der Waals surface area contributed by atoms with Crippen molar-refractivity contribution in [3.05, 3.63) is 78.0 Å². The Morgan fingerprint density at radius 3 is 2.66 bits per heavy atom. The van der Waals surface area contributed by atoms with Crippen LogP contribution in [0.4, 0.5) is 36.3 Å². The molecule has 0 bridgehead atoms. The van der Waals surface area contributed by atoms with Gasteiger partial charge in [-0.1, -0.05) is 18.7 Å². The monoisotopic (exact) mass is 482 g/mol. The number of allylic oxidation sites excluding steroid dienone is 1. The van der Waals surface area contributed by atoms with E-state index >= 15 is 0 Å². The lowest BCUT2D eigenvalue weighted by Gasteiger charge is -2.15. The summed E-state index contributed by atoms with van der Waals surface area (Å²) in [6, 6.07) is 12.4. The lowest BCUT2D eigenvalue weighted by Crippen LogP contribution is -2.12. The highest BCUT2D eigenvalue weighted by molar-refractivity contribution is 5.88. The highest BCUT2D eigenvalue weighted by Gasteiger charge is 2.35. The maximum Gasteiger partial charge on any atom is 0.421 e. The van der Waals surface area contributed by atoms with Crippen molar-refractivity contribution in [2.45, 2.75) is 31.9 Å². The number of methoxy groups -OCH3 is 1. The highest BCUT2D eigenvalue weighted by atomic mass is 19.4. The summed E-state index contributed by atoms with van der Waals surface area (Å²) in [4.78, 5) is 19.5. The fraction of sp³-hybridized carbons (Fsp3) is 0.269. The molecule has 182 valence electrons. The summed E-state index contributed by atoms with van der Waals surface area (Å²) in [5.41, 5.74) is 2.32. The number of carbonyl (C=O) groups is 1. The van der Waals surface area contributed by atoms with Gasteiger partial charge >= 0.3 is 6.18 Å². The van der Waals surface area contributed by atoms with E-state index in [4.69, 9.17) is 4.74 Å². The van der Waals surface area contributed by atoms with E-state index in [0.717, 1.165) is 36.6 Å². The number of rotatable bonds is 9. The summed E-state index contributed by atoms with van der Waals surface area (Å²) in [5, 5.41) is 5.74. The molecule has 0 radical (unpaired) electrons. The van der Waals surface area contributed by atoms with Crippen molar-refractivity contribution in [1.82, 2.24) is 9.97 Å². The van der Waals surface area contributed by atoms with Gasteiger partial charge in [-0.3, -0.25) is 4.79 Å². The molecule has 4 rings (SSSR count). The molecule has 2 aromatic carbocycles. The molecule has 1 unspecified atom stereocenters. The van der Waals surface area contributed by atoms with Gasteiger partial charge in [-0.05, 0) is 66.6 Å². The maximum absolute atomic E-state index is 13.7. The van der Waals surface area contributed by atoms with Gasteiger partial charge in [0.05, 0.1) is 7.11 Å². The van der Waals surface area contributed by atoms with Gasteiger partial charge in [-0.25, -0.2) is 4.98 Å². The molecule has 0 saturated carbocycles.